The Hall–Kier alpha value is -2.11. The summed E-state index contributed by atoms with van der Waals surface area (Å²) in [7, 11) is 0. The summed E-state index contributed by atoms with van der Waals surface area (Å²) < 4.78 is 5.56. The van der Waals surface area contributed by atoms with E-state index in [0.717, 1.165) is 36.5 Å². The molecule has 2 N–H and O–H groups in total. The second-order valence-corrected chi connectivity index (χ2v) is 4.58. The Kier molecular flexibility index (Phi) is 4.92. The molecule has 0 saturated carbocycles. The Morgan fingerprint density at radius 2 is 2.00 bits per heavy atom. The summed E-state index contributed by atoms with van der Waals surface area (Å²) in [6, 6.07) is 0. The zero-order chi connectivity index (χ0) is 14.4. The highest BCUT2D eigenvalue weighted by Gasteiger charge is 2.06. The van der Waals surface area contributed by atoms with Crippen molar-refractivity contribution in [2.24, 2.45) is 0 Å². The summed E-state index contributed by atoms with van der Waals surface area (Å²) in [4.78, 5) is 12.9. The van der Waals surface area contributed by atoms with E-state index in [-0.39, 0.29) is 0 Å². The maximum atomic E-state index is 5.56. The first kappa shape index (κ1) is 14.3. The highest BCUT2D eigenvalue weighted by molar-refractivity contribution is 5.46. The van der Waals surface area contributed by atoms with E-state index in [1.165, 1.54) is 0 Å². The average Bonchev–Trinajstić information content (AvgIpc) is 2.93. The van der Waals surface area contributed by atoms with Gasteiger partial charge in [-0.25, -0.2) is 9.97 Å². The third-order valence-electron chi connectivity index (χ3n) is 2.86. The van der Waals surface area contributed by atoms with E-state index < -0.39 is 0 Å². The zero-order valence-corrected chi connectivity index (χ0v) is 12.2. The fraction of sp³-hybridized carbons (Fsp3) is 0.500. The summed E-state index contributed by atoms with van der Waals surface area (Å²) in [5.41, 5.74) is 0.995. The Labute approximate surface area is 119 Å². The normalized spacial score (nSPS) is 10.6. The molecule has 2 heterocycles. The van der Waals surface area contributed by atoms with E-state index in [4.69, 9.17) is 4.42 Å². The zero-order valence-electron chi connectivity index (χ0n) is 12.2. The van der Waals surface area contributed by atoms with Gasteiger partial charge in [-0.05, 0) is 13.3 Å². The van der Waals surface area contributed by atoms with Crippen molar-refractivity contribution in [3.8, 4) is 0 Å². The molecule has 0 fully saturated rings. The lowest BCUT2D eigenvalue weighted by atomic mass is 10.3. The highest BCUT2D eigenvalue weighted by atomic mass is 16.4. The van der Waals surface area contributed by atoms with Crippen molar-refractivity contribution >= 4 is 11.8 Å². The van der Waals surface area contributed by atoms with Crippen LogP contribution in [0.25, 0.3) is 0 Å². The van der Waals surface area contributed by atoms with Crippen LogP contribution in [0.2, 0.25) is 0 Å². The predicted molar refractivity (Wildman–Crippen MR) is 78.8 cm³/mol. The molecular weight excluding hydrogens is 254 g/mol. The number of aromatic nitrogens is 3. The third-order valence-corrected chi connectivity index (χ3v) is 2.86. The number of oxazole rings is 1. The van der Waals surface area contributed by atoms with Crippen LogP contribution in [0.3, 0.4) is 0 Å². The van der Waals surface area contributed by atoms with Gasteiger partial charge in [-0.3, -0.25) is 0 Å². The molecule has 0 aromatic carbocycles. The molecule has 0 bridgehead atoms. The van der Waals surface area contributed by atoms with Gasteiger partial charge < -0.3 is 15.1 Å². The number of nitrogens with one attached hydrogen (secondary N) is 2. The molecule has 0 radical (unpaired) electrons. The predicted octanol–water partition coefficient (Wildman–Crippen LogP) is 2.77. The van der Waals surface area contributed by atoms with Crippen molar-refractivity contribution in [3.63, 3.8) is 0 Å². The van der Waals surface area contributed by atoms with E-state index in [2.05, 4.69) is 32.5 Å². The largest absolute Gasteiger partial charge is 0.444 e. The molecule has 0 aliphatic heterocycles. The van der Waals surface area contributed by atoms with Gasteiger partial charge in [-0.1, -0.05) is 13.8 Å². The molecule has 6 nitrogen and oxygen atoms in total. The van der Waals surface area contributed by atoms with Crippen LogP contribution in [0.15, 0.2) is 16.8 Å². The van der Waals surface area contributed by atoms with Crippen LogP contribution in [0.1, 0.15) is 37.5 Å². The van der Waals surface area contributed by atoms with Gasteiger partial charge in [-0.2, -0.15) is 4.98 Å². The van der Waals surface area contributed by atoms with Gasteiger partial charge in [0, 0.05) is 24.7 Å². The molecule has 0 atom stereocenters. The van der Waals surface area contributed by atoms with Gasteiger partial charge in [0.2, 0.25) is 11.8 Å². The van der Waals surface area contributed by atoms with Gasteiger partial charge in [0.25, 0.3) is 0 Å². The summed E-state index contributed by atoms with van der Waals surface area (Å²) in [6.45, 7) is 7.50. The fourth-order valence-electron chi connectivity index (χ4n) is 1.70. The first-order chi connectivity index (χ1) is 9.72. The lowest BCUT2D eigenvalue weighted by molar-refractivity contribution is 0.465. The molecule has 0 amide bonds. The second kappa shape index (κ2) is 6.88. The van der Waals surface area contributed by atoms with Crippen molar-refractivity contribution < 1.29 is 4.42 Å². The molecule has 108 valence electrons. The number of rotatable bonds is 7. The lowest BCUT2D eigenvalue weighted by Crippen LogP contribution is -2.09. The average molecular weight is 275 g/mol. The molecule has 2 rings (SSSR count). The second-order valence-electron chi connectivity index (χ2n) is 4.58. The molecule has 2 aromatic rings. The molecule has 0 saturated heterocycles. The standard InChI is InChI=1S/C14H21N5O/c1-4-6-15-14-18-7-10(3)13(19-14)17-9-12-16-8-11(5-2)20-12/h7-8H,4-6,9H2,1-3H3,(H2,15,17,18,19). The Bertz CT molecular complexity index is 552. The van der Waals surface area contributed by atoms with E-state index >= 15 is 0 Å². The third kappa shape index (κ3) is 3.69. The van der Waals surface area contributed by atoms with Crippen LogP contribution in [-0.2, 0) is 13.0 Å². The Morgan fingerprint density at radius 3 is 2.70 bits per heavy atom. The molecule has 0 unspecified atom stereocenters. The number of aryl methyl sites for hydroxylation is 2. The van der Waals surface area contributed by atoms with E-state index in [1.807, 2.05) is 13.8 Å². The topological polar surface area (TPSA) is 75.9 Å². The maximum Gasteiger partial charge on any atom is 0.224 e. The molecule has 0 aliphatic rings. The highest BCUT2D eigenvalue weighted by Crippen LogP contribution is 2.14. The molecule has 2 aromatic heterocycles. The minimum Gasteiger partial charge on any atom is -0.444 e. The number of hydrogen-bond donors (Lipinski definition) is 2. The smallest absolute Gasteiger partial charge is 0.224 e. The quantitative estimate of drug-likeness (QED) is 0.809. The molecule has 20 heavy (non-hydrogen) atoms. The van der Waals surface area contributed by atoms with Crippen molar-refractivity contribution in [3.05, 3.63) is 29.6 Å². The van der Waals surface area contributed by atoms with Gasteiger partial charge in [0.1, 0.15) is 11.6 Å². The van der Waals surface area contributed by atoms with Crippen LogP contribution < -0.4 is 10.6 Å². The van der Waals surface area contributed by atoms with Gasteiger partial charge >= 0.3 is 0 Å². The van der Waals surface area contributed by atoms with Crippen molar-refractivity contribution in [2.75, 3.05) is 17.2 Å². The minimum absolute atomic E-state index is 0.519. The Morgan fingerprint density at radius 1 is 1.15 bits per heavy atom. The minimum atomic E-state index is 0.519. The first-order valence-electron chi connectivity index (χ1n) is 6.97. The van der Waals surface area contributed by atoms with Crippen molar-refractivity contribution in [1.82, 2.24) is 15.0 Å². The van der Waals surface area contributed by atoms with Crippen LogP contribution in [0, 0.1) is 6.92 Å². The number of anilines is 2. The molecule has 0 spiro atoms. The van der Waals surface area contributed by atoms with Crippen LogP contribution in [0.5, 0.6) is 0 Å². The summed E-state index contributed by atoms with van der Waals surface area (Å²) >= 11 is 0. The number of nitrogens with zero attached hydrogens (tertiary/aromatic N) is 3. The van der Waals surface area contributed by atoms with Gasteiger partial charge in [-0.15, -0.1) is 0 Å². The van der Waals surface area contributed by atoms with E-state index in [1.54, 1.807) is 12.4 Å². The SMILES string of the molecule is CCCNc1ncc(C)c(NCc2ncc(CC)o2)n1. The summed E-state index contributed by atoms with van der Waals surface area (Å²) in [6.07, 6.45) is 5.46. The Balaban J connectivity index is 2.00. The monoisotopic (exact) mass is 275 g/mol. The van der Waals surface area contributed by atoms with Gasteiger partial charge in [0.15, 0.2) is 0 Å². The van der Waals surface area contributed by atoms with E-state index in [9.17, 15) is 0 Å². The summed E-state index contributed by atoms with van der Waals surface area (Å²) in [5.74, 6) is 3.01. The van der Waals surface area contributed by atoms with Crippen LogP contribution in [-0.4, -0.2) is 21.5 Å². The number of hydrogen-bond acceptors (Lipinski definition) is 6. The lowest BCUT2D eigenvalue weighted by Gasteiger charge is -2.09. The maximum absolute atomic E-state index is 5.56. The van der Waals surface area contributed by atoms with E-state index in [0.29, 0.717) is 18.4 Å². The van der Waals surface area contributed by atoms with Crippen LogP contribution in [0.4, 0.5) is 11.8 Å². The fourth-order valence-corrected chi connectivity index (χ4v) is 1.70. The van der Waals surface area contributed by atoms with Crippen LogP contribution >= 0.6 is 0 Å². The van der Waals surface area contributed by atoms with Crippen molar-refractivity contribution in [1.29, 1.82) is 0 Å². The molecule has 6 heteroatoms. The van der Waals surface area contributed by atoms with Gasteiger partial charge in [0.05, 0.1) is 12.7 Å². The molecular formula is C14H21N5O. The first-order valence-corrected chi connectivity index (χ1v) is 6.97. The molecule has 0 aliphatic carbocycles. The summed E-state index contributed by atoms with van der Waals surface area (Å²) in [5, 5.41) is 6.41. The van der Waals surface area contributed by atoms with Crippen molar-refractivity contribution in [2.45, 2.75) is 40.2 Å².